The van der Waals surface area contributed by atoms with Crippen molar-refractivity contribution in [1.29, 1.82) is 0 Å². The van der Waals surface area contributed by atoms with Crippen LogP contribution in [0.5, 0.6) is 0 Å². The van der Waals surface area contributed by atoms with Crippen LogP contribution in [0.25, 0.3) is 0 Å². The summed E-state index contributed by atoms with van der Waals surface area (Å²) in [6.45, 7) is 4.99. The molecule has 0 aromatic heterocycles. The predicted molar refractivity (Wildman–Crippen MR) is 52.8 cm³/mol. The van der Waals surface area contributed by atoms with Crippen molar-refractivity contribution >= 4 is 15.9 Å². The van der Waals surface area contributed by atoms with Crippen LogP contribution in [0, 0.1) is 0 Å². The zero-order valence-electron chi connectivity index (χ0n) is 7.65. The van der Waals surface area contributed by atoms with Crippen LogP contribution in [0.4, 0.5) is 0 Å². The predicted octanol–water partition coefficient (Wildman–Crippen LogP) is 2.75. The molecular weight excluding hydrogens is 202 g/mol. The van der Waals surface area contributed by atoms with Gasteiger partial charge in [-0.05, 0) is 35.2 Å². The van der Waals surface area contributed by atoms with Gasteiger partial charge in [0.05, 0.1) is 20.1 Å². The van der Waals surface area contributed by atoms with Gasteiger partial charge in [-0.15, -0.1) is 0 Å². The molecule has 1 nitrogen and oxygen atoms in total. The summed E-state index contributed by atoms with van der Waals surface area (Å²) in [4.78, 5) is 0.683. The maximum Gasteiger partial charge on any atom is 0.143 e. The second-order valence-corrected chi connectivity index (χ2v) is 4.89. The number of nitrogens with zero attached hydrogens (tertiary/aromatic N) is 1. The van der Waals surface area contributed by atoms with Crippen molar-refractivity contribution in [3.05, 3.63) is 0 Å². The lowest BCUT2D eigenvalue weighted by molar-refractivity contribution is -0.922. The fraction of sp³-hybridized carbons (Fsp3) is 1.00. The first-order valence-electron chi connectivity index (χ1n) is 4.67. The van der Waals surface area contributed by atoms with Gasteiger partial charge in [-0.1, -0.05) is 6.92 Å². The molecule has 1 atom stereocenters. The van der Waals surface area contributed by atoms with E-state index in [9.17, 15) is 0 Å². The maximum absolute atomic E-state index is 3.77. The summed E-state index contributed by atoms with van der Waals surface area (Å²) in [7, 11) is 2.38. The molecule has 1 fully saturated rings. The van der Waals surface area contributed by atoms with E-state index in [1.807, 2.05) is 0 Å². The standard InChI is InChI=1S/C9H19BrN/c1-3-9(10)11(2)7-5-4-6-8-11/h9H,3-8H2,1-2H3/q+1. The van der Waals surface area contributed by atoms with Gasteiger partial charge in [0, 0.05) is 6.42 Å². The molecule has 1 aliphatic heterocycles. The average molecular weight is 221 g/mol. The first kappa shape index (κ1) is 9.53. The number of rotatable bonds is 2. The quantitative estimate of drug-likeness (QED) is 0.382. The molecule has 0 amide bonds. The number of likely N-dealkylation sites (tertiary alicyclic amines) is 1. The number of piperidine rings is 1. The van der Waals surface area contributed by atoms with Crippen LogP contribution in [-0.4, -0.2) is 29.6 Å². The molecule has 66 valence electrons. The number of hydrogen-bond donors (Lipinski definition) is 0. The van der Waals surface area contributed by atoms with Crippen LogP contribution in [0.2, 0.25) is 0 Å². The summed E-state index contributed by atoms with van der Waals surface area (Å²) in [5.41, 5.74) is 0. The summed E-state index contributed by atoms with van der Waals surface area (Å²) < 4.78 is 1.25. The van der Waals surface area contributed by atoms with E-state index in [-0.39, 0.29) is 0 Å². The Morgan fingerprint density at radius 1 is 1.27 bits per heavy atom. The zero-order valence-corrected chi connectivity index (χ0v) is 9.23. The third kappa shape index (κ3) is 2.19. The minimum Gasteiger partial charge on any atom is -0.315 e. The molecule has 0 aliphatic carbocycles. The lowest BCUT2D eigenvalue weighted by atomic mass is 10.1. The molecule has 0 aromatic rings. The topological polar surface area (TPSA) is 0 Å². The third-order valence-electron chi connectivity index (χ3n) is 2.85. The molecule has 1 saturated heterocycles. The highest BCUT2D eigenvalue weighted by Crippen LogP contribution is 2.25. The van der Waals surface area contributed by atoms with E-state index in [4.69, 9.17) is 0 Å². The van der Waals surface area contributed by atoms with Gasteiger partial charge in [0.15, 0.2) is 0 Å². The molecule has 1 rings (SSSR count). The van der Waals surface area contributed by atoms with E-state index < -0.39 is 0 Å². The van der Waals surface area contributed by atoms with Crippen molar-refractivity contribution in [2.24, 2.45) is 0 Å². The summed E-state index contributed by atoms with van der Waals surface area (Å²) >= 11 is 3.77. The summed E-state index contributed by atoms with van der Waals surface area (Å²) in [5, 5.41) is 0. The minimum absolute atomic E-state index is 0.683. The molecule has 0 bridgehead atoms. The molecule has 1 unspecified atom stereocenters. The van der Waals surface area contributed by atoms with Crippen molar-refractivity contribution in [2.75, 3.05) is 20.1 Å². The highest BCUT2D eigenvalue weighted by Gasteiger charge is 2.30. The van der Waals surface area contributed by atoms with Gasteiger partial charge < -0.3 is 4.48 Å². The first-order valence-corrected chi connectivity index (χ1v) is 5.59. The van der Waals surface area contributed by atoms with Gasteiger partial charge in [0.1, 0.15) is 4.95 Å². The number of halogens is 1. The number of alkyl halides is 1. The molecule has 0 N–H and O–H groups in total. The molecule has 1 heterocycles. The van der Waals surface area contributed by atoms with E-state index >= 15 is 0 Å². The van der Waals surface area contributed by atoms with Crippen molar-refractivity contribution in [1.82, 2.24) is 0 Å². The fourth-order valence-corrected chi connectivity index (χ4v) is 2.37. The number of hydrogen-bond acceptors (Lipinski definition) is 0. The van der Waals surface area contributed by atoms with Gasteiger partial charge in [0.25, 0.3) is 0 Å². The molecule has 0 aromatic carbocycles. The lowest BCUT2D eigenvalue weighted by Crippen LogP contribution is -2.52. The Kier molecular flexibility index (Phi) is 3.38. The molecule has 0 spiro atoms. The van der Waals surface area contributed by atoms with Gasteiger partial charge in [0.2, 0.25) is 0 Å². The molecule has 2 heteroatoms. The molecule has 1 aliphatic rings. The van der Waals surface area contributed by atoms with E-state index in [2.05, 4.69) is 29.9 Å². The highest BCUT2D eigenvalue weighted by molar-refractivity contribution is 9.09. The van der Waals surface area contributed by atoms with Crippen LogP contribution in [0.3, 0.4) is 0 Å². The van der Waals surface area contributed by atoms with Crippen molar-refractivity contribution < 1.29 is 4.48 Å². The Hall–Kier alpha value is 0.440. The van der Waals surface area contributed by atoms with E-state index in [0.717, 1.165) is 0 Å². The Morgan fingerprint density at radius 2 is 1.82 bits per heavy atom. The van der Waals surface area contributed by atoms with Gasteiger partial charge >= 0.3 is 0 Å². The lowest BCUT2D eigenvalue weighted by Gasteiger charge is -2.41. The van der Waals surface area contributed by atoms with Crippen molar-refractivity contribution in [3.63, 3.8) is 0 Å². The van der Waals surface area contributed by atoms with Crippen LogP contribution < -0.4 is 0 Å². The Balaban J connectivity index is 2.49. The SMILES string of the molecule is CCC(Br)[N+]1(C)CCCCC1. The highest BCUT2D eigenvalue weighted by atomic mass is 79.9. The molecule has 0 radical (unpaired) electrons. The smallest absolute Gasteiger partial charge is 0.143 e. The second kappa shape index (κ2) is 3.90. The van der Waals surface area contributed by atoms with Crippen LogP contribution >= 0.6 is 15.9 Å². The van der Waals surface area contributed by atoms with E-state index in [1.54, 1.807) is 0 Å². The Labute approximate surface area is 78.5 Å². The fourth-order valence-electron chi connectivity index (χ4n) is 1.96. The van der Waals surface area contributed by atoms with Gasteiger partial charge in [-0.3, -0.25) is 0 Å². The number of quaternary nitrogens is 1. The third-order valence-corrected chi connectivity index (χ3v) is 4.49. The summed E-state index contributed by atoms with van der Waals surface area (Å²) in [6, 6.07) is 0. The summed E-state index contributed by atoms with van der Waals surface area (Å²) in [6.07, 6.45) is 5.52. The van der Waals surface area contributed by atoms with E-state index in [0.29, 0.717) is 4.95 Å². The van der Waals surface area contributed by atoms with Crippen molar-refractivity contribution in [2.45, 2.75) is 37.6 Å². The monoisotopic (exact) mass is 220 g/mol. The molecule has 11 heavy (non-hydrogen) atoms. The van der Waals surface area contributed by atoms with Gasteiger partial charge in [-0.2, -0.15) is 0 Å². The van der Waals surface area contributed by atoms with Crippen LogP contribution in [0.1, 0.15) is 32.6 Å². The minimum atomic E-state index is 0.683. The van der Waals surface area contributed by atoms with Crippen LogP contribution in [0.15, 0.2) is 0 Å². The van der Waals surface area contributed by atoms with Gasteiger partial charge in [-0.25, -0.2) is 0 Å². The average Bonchev–Trinajstić information content (AvgIpc) is 2.04. The van der Waals surface area contributed by atoms with Crippen LogP contribution in [-0.2, 0) is 0 Å². The largest absolute Gasteiger partial charge is 0.315 e. The Morgan fingerprint density at radius 3 is 2.27 bits per heavy atom. The maximum atomic E-state index is 3.77. The second-order valence-electron chi connectivity index (χ2n) is 3.83. The Bertz CT molecular complexity index is 119. The van der Waals surface area contributed by atoms with E-state index in [1.165, 1.54) is 43.3 Å². The molecular formula is C9H19BrN+. The summed E-state index contributed by atoms with van der Waals surface area (Å²) in [5.74, 6) is 0. The van der Waals surface area contributed by atoms with Crippen molar-refractivity contribution in [3.8, 4) is 0 Å². The first-order chi connectivity index (χ1) is 5.19. The normalized spacial score (nSPS) is 26.5. The molecule has 0 saturated carbocycles. The zero-order chi connectivity index (χ0) is 8.32.